The molecule has 0 N–H and O–H groups in total. The quantitative estimate of drug-likeness (QED) is 0.239. The van der Waals surface area contributed by atoms with Crippen LogP contribution in [0, 0.1) is 34.0 Å². The van der Waals surface area contributed by atoms with Gasteiger partial charge in [-0.3, -0.25) is 0 Å². The minimum atomic E-state index is 0.546. The van der Waals surface area contributed by atoms with Crippen molar-refractivity contribution in [2.24, 2.45) is 0 Å². The minimum Gasteiger partial charge on any atom is -0.308 e. The number of nitriles is 3. The molecule has 0 radical (unpaired) electrons. The van der Waals surface area contributed by atoms with E-state index >= 15 is 0 Å². The standard InChI is InChI=1S/C33H16N4S/c34-17-20-8-11-30-25(14-20)26-15-21(18-35)9-12-31(26)37(30)29-6-3-5-23(28(29)19-36)22-10-13-33-27(16-22)24-4-1-2-7-32(24)38-33/h1-16H. The molecule has 4 nitrogen and oxygen atoms in total. The van der Waals surface area contributed by atoms with Crippen LogP contribution >= 0.6 is 11.3 Å². The molecule has 7 rings (SSSR count). The van der Waals surface area contributed by atoms with E-state index in [1.165, 1.54) is 20.2 Å². The summed E-state index contributed by atoms with van der Waals surface area (Å²) in [4.78, 5) is 0. The molecule has 0 saturated carbocycles. The summed E-state index contributed by atoms with van der Waals surface area (Å²) in [5.41, 5.74) is 6.02. The molecule has 0 saturated heterocycles. The van der Waals surface area contributed by atoms with Crippen LogP contribution in [-0.4, -0.2) is 4.57 Å². The highest BCUT2D eigenvalue weighted by molar-refractivity contribution is 7.25. The van der Waals surface area contributed by atoms with Gasteiger partial charge in [-0.1, -0.05) is 36.4 Å². The van der Waals surface area contributed by atoms with Gasteiger partial charge in [0, 0.05) is 36.5 Å². The van der Waals surface area contributed by atoms with Crippen LogP contribution in [0.1, 0.15) is 16.7 Å². The normalized spacial score (nSPS) is 11.1. The Labute approximate surface area is 222 Å². The summed E-state index contributed by atoms with van der Waals surface area (Å²) in [6.45, 7) is 0. The van der Waals surface area contributed by atoms with E-state index < -0.39 is 0 Å². The summed E-state index contributed by atoms with van der Waals surface area (Å²) in [6, 6.07) is 38.7. The van der Waals surface area contributed by atoms with E-state index in [4.69, 9.17) is 0 Å². The SMILES string of the molecule is N#Cc1ccc2c(c1)c1cc(C#N)ccc1n2-c1cccc(-c2ccc3sc4ccccc4c3c2)c1C#N. The van der Waals surface area contributed by atoms with Gasteiger partial charge in [-0.2, -0.15) is 15.8 Å². The van der Waals surface area contributed by atoms with Crippen molar-refractivity contribution < 1.29 is 0 Å². The van der Waals surface area contributed by atoms with Crippen molar-refractivity contribution in [3.05, 3.63) is 114 Å². The summed E-state index contributed by atoms with van der Waals surface area (Å²) in [7, 11) is 0. The zero-order valence-electron chi connectivity index (χ0n) is 19.9. The van der Waals surface area contributed by atoms with E-state index in [-0.39, 0.29) is 0 Å². The third-order valence-corrected chi connectivity index (χ3v) is 8.26. The van der Waals surface area contributed by atoms with Gasteiger partial charge in [-0.15, -0.1) is 11.3 Å². The maximum absolute atomic E-state index is 10.5. The van der Waals surface area contributed by atoms with Crippen molar-refractivity contribution in [3.63, 3.8) is 0 Å². The maximum Gasteiger partial charge on any atom is 0.102 e. The second-order valence-corrected chi connectivity index (χ2v) is 10.2. The number of hydrogen-bond donors (Lipinski definition) is 0. The monoisotopic (exact) mass is 500 g/mol. The van der Waals surface area contributed by atoms with Gasteiger partial charge < -0.3 is 4.57 Å². The van der Waals surface area contributed by atoms with Gasteiger partial charge >= 0.3 is 0 Å². The van der Waals surface area contributed by atoms with Crippen LogP contribution in [0.2, 0.25) is 0 Å². The van der Waals surface area contributed by atoms with Crippen molar-refractivity contribution >= 4 is 53.3 Å². The summed E-state index contributed by atoms with van der Waals surface area (Å²) in [5.74, 6) is 0. The zero-order valence-corrected chi connectivity index (χ0v) is 20.8. The molecular weight excluding hydrogens is 484 g/mol. The van der Waals surface area contributed by atoms with Crippen LogP contribution < -0.4 is 0 Å². The van der Waals surface area contributed by atoms with Crippen molar-refractivity contribution in [2.45, 2.75) is 0 Å². The Morgan fingerprint density at radius 1 is 0.553 bits per heavy atom. The Hall–Kier alpha value is -5.41. The zero-order chi connectivity index (χ0) is 25.8. The average Bonchev–Trinajstić information content (AvgIpc) is 3.50. The Kier molecular flexibility index (Phi) is 4.78. The number of thiophene rings is 1. The average molecular weight is 501 g/mol. The molecule has 0 fully saturated rings. The van der Waals surface area contributed by atoms with E-state index in [1.54, 1.807) is 23.5 Å². The van der Waals surface area contributed by atoms with Gasteiger partial charge in [0.05, 0.1) is 45.5 Å². The molecule has 5 aromatic carbocycles. The van der Waals surface area contributed by atoms with Gasteiger partial charge in [0.25, 0.3) is 0 Å². The van der Waals surface area contributed by atoms with E-state index in [0.717, 1.165) is 38.6 Å². The van der Waals surface area contributed by atoms with Gasteiger partial charge in [-0.05, 0) is 66.2 Å². The molecule has 174 valence electrons. The summed E-state index contributed by atoms with van der Waals surface area (Å²) < 4.78 is 4.52. The Bertz CT molecular complexity index is 2160. The first-order valence-electron chi connectivity index (χ1n) is 12.0. The second-order valence-electron chi connectivity index (χ2n) is 9.14. The lowest BCUT2D eigenvalue weighted by Crippen LogP contribution is -1.99. The van der Waals surface area contributed by atoms with Crippen LogP contribution in [0.25, 0.3) is 58.8 Å². The van der Waals surface area contributed by atoms with Crippen molar-refractivity contribution in [2.75, 3.05) is 0 Å². The van der Waals surface area contributed by atoms with Crippen LogP contribution in [0.3, 0.4) is 0 Å². The van der Waals surface area contributed by atoms with Gasteiger partial charge in [0.1, 0.15) is 6.07 Å². The predicted molar refractivity (Wildman–Crippen MR) is 153 cm³/mol. The lowest BCUT2D eigenvalue weighted by molar-refractivity contribution is 1.17. The van der Waals surface area contributed by atoms with Crippen LogP contribution in [-0.2, 0) is 0 Å². The first-order chi connectivity index (χ1) is 18.7. The van der Waals surface area contributed by atoms with E-state index in [9.17, 15) is 15.8 Å². The fourth-order valence-corrected chi connectivity index (χ4v) is 6.49. The lowest BCUT2D eigenvalue weighted by atomic mass is 9.97. The van der Waals surface area contributed by atoms with Gasteiger partial charge in [0.15, 0.2) is 0 Å². The highest BCUT2D eigenvalue weighted by Crippen LogP contribution is 2.39. The third kappa shape index (κ3) is 3.12. The number of aromatic nitrogens is 1. The van der Waals surface area contributed by atoms with E-state index in [2.05, 4.69) is 65.2 Å². The molecule has 0 aliphatic rings. The maximum atomic E-state index is 10.5. The van der Waals surface area contributed by atoms with Crippen molar-refractivity contribution in [1.82, 2.24) is 4.57 Å². The molecule has 0 aliphatic carbocycles. The smallest absolute Gasteiger partial charge is 0.102 e. The second kappa shape index (κ2) is 8.32. The van der Waals surface area contributed by atoms with Crippen molar-refractivity contribution in [1.29, 1.82) is 15.8 Å². The summed E-state index contributed by atoms with van der Waals surface area (Å²) in [5, 5.41) is 33.6. The third-order valence-electron chi connectivity index (χ3n) is 7.11. The molecule has 0 atom stereocenters. The highest BCUT2D eigenvalue weighted by atomic mass is 32.1. The van der Waals surface area contributed by atoms with E-state index in [0.29, 0.717) is 16.7 Å². The Morgan fingerprint density at radius 2 is 1.24 bits per heavy atom. The predicted octanol–water partition coefficient (Wildman–Crippen LogP) is 8.43. The molecule has 7 aromatic rings. The molecule has 0 aliphatic heterocycles. The summed E-state index contributed by atoms with van der Waals surface area (Å²) in [6.07, 6.45) is 0. The van der Waals surface area contributed by atoms with Crippen molar-refractivity contribution in [3.8, 4) is 35.0 Å². The topological polar surface area (TPSA) is 76.3 Å². The van der Waals surface area contributed by atoms with E-state index in [1.807, 2.05) is 42.5 Å². The molecule has 0 unspecified atom stereocenters. The highest BCUT2D eigenvalue weighted by Gasteiger charge is 2.19. The van der Waals surface area contributed by atoms with Crippen LogP contribution in [0.5, 0.6) is 0 Å². The first-order valence-corrected chi connectivity index (χ1v) is 12.9. The van der Waals surface area contributed by atoms with Gasteiger partial charge in [-0.25, -0.2) is 0 Å². The number of fused-ring (bicyclic) bond motifs is 6. The molecule has 2 aromatic heterocycles. The Balaban J connectivity index is 1.53. The molecule has 0 spiro atoms. The number of benzene rings is 5. The largest absolute Gasteiger partial charge is 0.308 e. The van der Waals surface area contributed by atoms with Crippen LogP contribution in [0.15, 0.2) is 97.1 Å². The molecular formula is C33H16N4S. The first kappa shape index (κ1) is 21.8. The number of rotatable bonds is 2. The fourth-order valence-electron chi connectivity index (χ4n) is 5.40. The molecule has 5 heteroatoms. The number of nitrogens with zero attached hydrogens (tertiary/aromatic N) is 4. The molecule has 0 bridgehead atoms. The Morgan fingerprint density at radius 3 is 1.92 bits per heavy atom. The molecule has 38 heavy (non-hydrogen) atoms. The molecule has 2 heterocycles. The van der Waals surface area contributed by atoms with Gasteiger partial charge in [0.2, 0.25) is 0 Å². The lowest BCUT2D eigenvalue weighted by Gasteiger charge is -2.14. The van der Waals surface area contributed by atoms with Crippen LogP contribution in [0.4, 0.5) is 0 Å². The minimum absolute atomic E-state index is 0.546. The number of hydrogen-bond acceptors (Lipinski definition) is 4. The summed E-state index contributed by atoms with van der Waals surface area (Å²) >= 11 is 1.77. The fraction of sp³-hybridized carbons (Fsp3) is 0. The molecule has 0 amide bonds.